The Morgan fingerprint density at radius 3 is 2.82 bits per heavy atom. The largest absolute Gasteiger partial charge is 0.314 e. The molecule has 0 aliphatic carbocycles. The van der Waals surface area contributed by atoms with Gasteiger partial charge in [-0.3, -0.25) is 9.88 Å². The Morgan fingerprint density at radius 2 is 2.05 bits per heavy atom. The first-order valence-corrected chi connectivity index (χ1v) is 7.82. The van der Waals surface area contributed by atoms with Crippen molar-refractivity contribution in [2.24, 2.45) is 0 Å². The second-order valence-corrected chi connectivity index (χ2v) is 6.06. The Bertz CT molecular complexity index is 612. The molecular weight excluding hydrogens is 369 g/mol. The van der Waals surface area contributed by atoms with Crippen molar-refractivity contribution in [2.75, 3.05) is 19.6 Å². The highest BCUT2D eigenvalue weighted by Gasteiger charge is 2.24. The zero-order valence-electron chi connectivity index (χ0n) is 12.0. The molecule has 0 saturated carbocycles. The third kappa shape index (κ3) is 4.04. The molecule has 0 bridgehead atoms. The van der Waals surface area contributed by atoms with Gasteiger partial charge in [-0.15, -0.1) is 12.4 Å². The van der Waals surface area contributed by atoms with Crippen LogP contribution in [0.15, 0.2) is 47.2 Å². The van der Waals surface area contributed by atoms with Crippen LogP contribution in [0.2, 0.25) is 0 Å². The van der Waals surface area contributed by atoms with Gasteiger partial charge in [0.15, 0.2) is 0 Å². The number of nitrogens with zero attached hydrogens (tertiary/aromatic N) is 2. The summed E-state index contributed by atoms with van der Waals surface area (Å²) in [6.07, 6.45) is 3.64. The normalized spacial score (nSPS) is 18.7. The van der Waals surface area contributed by atoms with Crippen LogP contribution in [0, 0.1) is 5.82 Å². The molecule has 0 radical (unpaired) electrons. The van der Waals surface area contributed by atoms with Crippen LogP contribution >= 0.6 is 28.3 Å². The monoisotopic (exact) mass is 385 g/mol. The maximum Gasteiger partial charge on any atom is 0.123 e. The van der Waals surface area contributed by atoms with E-state index < -0.39 is 0 Å². The Balaban J connectivity index is 0.00000176. The van der Waals surface area contributed by atoms with Gasteiger partial charge in [0.05, 0.1) is 0 Å². The number of rotatable bonds is 3. The molecule has 1 saturated heterocycles. The van der Waals surface area contributed by atoms with E-state index in [0.29, 0.717) is 0 Å². The molecule has 1 aromatic carbocycles. The van der Waals surface area contributed by atoms with Crippen LogP contribution in [0.3, 0.4) is 0 Å². The number of pyridine rings is 1. The van der Waals surface area contributed by atoms with Crippen LogP contribution in [0.4, 0.5) is 4.39 Å². The van der Waals surface area contributed by atoms with Crippen molar-refractivity contribution in [1.29, 1.82) is 0 Å². The standard InChI is InChI=1S/C16H17BrFN3.ClH/c17-15-2-1-14(18)9-13(15)11-21-8-7-20-10-16(21)12-3-5-19-6-4-12;/h1-6,9,16,20H,7-8,10-11H2;1H. The second-order valence-electron chi connectivity index (χ2n) is 5.21. The van der Waals surface area contributed by atoms with Crippen molar-refractivity contribution in [1.82, 2.24) is 15.2 Å². The number of halogens is 3. The van der Waals surface area contributed by atoms with Crippen LogP contribution in [0.25, 0.3) is 0 Å². The lowest BCUT2D eigenvalue weighted by molar-refractivity contribution is 0.153. The summed E-state index contributed by atoms with van der Waals surface area (Å²) in [4.78, 5) is 6.46. The van der Waals surface area contributed by atoms with E-state index in [1.54, 1.807) is 12.1 Å². The summed E-state index contributed by atoms with van der Waals surface area (Å²) in [5.74, 6) is -0.191. The summed E-state index contributed by atoms with van der Waals surface area (Å²) in [5, 5.41) is 3.43. The molecule has 1 aliphatic heterocycles. The van der Waals surface area contributed by atoms with Gasteiger partial charge in [0, 0.05) is 49.1 Å². The smallest absolute Gasteiger partial charge is 0.123 e. The van der Waals surface area contributed by atoms with E-state index in [4.69, 9.17) is 0 Å². The van der Waals surface area contributed by atoms with Crippen molar-refractivity contribution in [3.63, 3.8) is 0 Å². The lowest BCUT2D eigenvalue weighted by Crippen LogP contribution is -2.45. The van der Waals surface area contributed by atoms with Crippen molar-refractivity contribution in [3.8, 4) is 0 Å². The van der Waals surface area contributed by atoms with E-state index in [1.807, 2.05) is 24.5 Å². The van der Waals surface area contributed by atoms with Gasteiger partial charge in [-0.25, -0.2) is 4.39 Å². The minimum Gasteiger partial charge on any atom is -0.314 e. The predicted octanol–water partition coefficient (Wildman–Crippen LogP) is 3.55. The van der Waals surface area contributed by atoms with Crippen LogP contribution in [-0.4, -0.2) is 29.5 Å². The highest BCUT2D eigenvalue weighted by atomic mass is 79.9. The highest BCUT2D eigenvalue weighted by molar-refractivity contribution is 9.10. The molecule has 1 N–H and O–H groups in total. The van der Waals surface area contributed by atoms with Crippen LogP contribution in [0.1, 0.15) is 17.2 Å². The quantitative estimate of drug-likeness (QED) is 0.874. The summed E-state index contributed by atoms with van der Waals surface area (Å²) >= 11 is 3.51. The van der Waals surface area contributed by atoms with E-state index in [2.05, 4.69) is 31.1 Å². The topological polar surface area (TPSA) is 28.2 Å². The van der Waals surface area contributed by atoms with E-state index in [-0.39, 0.29) is 24.3 Å². The molecule has 3 rings (SSSR count). The molecule has 3 nitrogen and oxygen atoms in total. The SMILES string of the molecule is Cl.Fc1ccc(Br)c(CN2CCNCC2c2ccncc2)c1. The number of nitrogens with one attached hydrogen (secondary N) is 1. The lowest BCUT2D eigenvalue weighted by atomic mass is 10.0. The Hall–Kier alpha value is -1.01. The molecular formula is C16H18BrClFN3. The minimum atomic E-state index is -0.191. The van der Waals surface area contributed by atoms with Crippen LogP contribution in [0.5, 0.6) is 0 Å². The summed E-state index contributed by atoms with van der Waals surface area (Å²) in [5.41, 5.74) is 2.22. The molecule has 22 heavy (non-hydrogen) atoms. The highest BCUT2D eigenvalue weighted by Crippen LogP contribution is 2.26. The summed E-state index contributed by atoms with van der Waals surface area (Å²) < 4.78 is 14.4. The van der Waals surface area contributed by atoms with Gasteiger partial charge in [0.1, 0.15) is 5.82 Å². The molecule has 2 heterocycles. The van der Waals surface area contributed by atoms with E-state index in [1.165, 1.54) is 11.6 Å². The summed E-state index contributed by atoms with van der Waals surface area (Å²) in [6.45, 7) is 3.52. The zero-order chi connectivity index (χ0) is 14.7. The third-order valence-electron chi connectivity index (χ3n) is 3.83. The fourth-order valence-electron chi connectivity index (χ4n) is 2.73. The van der Waals surface area contributed by atoms with Gasteiger partial charge < -0.3 is 5.32 Å². The average molecular weight is 387 g/mol. The number of hydrogen-bond acceptors (Lipinski definition) is 3. The van der Waals surface area contributed by atoms with Crippen molar-refractivity contribution >= 4 is 28.3 Å². The van der Waals surface area contributed by atoms with E-state index >= 15 is 0 Å². The second kappa shape index (κ2) is 8.02. The maximum atomic E-state index is 13.5. The first-order valence-electron chi connectivity index (χ1n) is 7.02. The first-order chi connectivity index (χ1) is 10.2. The van der Waals surface area contributed by atoms with Gasteiger partial charge in [0.2, 0.25) is 0 Å². The number of piperazine rings is 1. The van der Waals surface area contributed by atoms with Crippen LogP contribution < -0.4 is 5.32 Å². The molecule has 1 unspecified atom stereocenters. The fourth-order valence-corrected chi connectivity index (χ4v) is 3.11. The van der Waals surface area contributed by atoms with Gasteiger partial charge >= 0.3 is 0 Å². The van der Waals surface area contributed by atoms with Gasteiger partial charge in [-0.2, -0.15) is 0 Å². The molecule has 1 fully saturated rings. The Labute approximate surface area is 144 Å². The molecule has 2 aromatic rings. The summed E-state index contributed by atoms with van der Waals surface area (Å²) in [7, 11) is 0. The number of aromatic nitrogens is 1. The van der Waals surface area contributed by atoms with Crippen molar-refractivity contribution < 1.29 is 4.39 Å². The fraction of sp³-hybridized carbons (Fsp3) is 0.312. The van der Waals surface area contributed by atoms with E-state index in [9.17, 15) is 4.39 Å². The molecule has 6 heteroatoms. The molecule has 0 spiro atoms. The van der Waals surface area contributed by atoms with Crippen LogP contribution in [-0.2, 0) is 6.54 Å². The van der Waals surface area contributed by atoms with Crippen molar-refractivity contribution in [2.45, 2.75) is 12.6 Å². The molecule has 1 atom stereocenters. The van der Waals surface area contributed by atoms with Crippen molar-refractivity contribution in [3.05, 3.63) is 64.1 Å². The third-order valence-corrected chi connectivity index (χ3v) is 4.60. The lowest BCUT2D eigenvalue weighted by Gasteiger charge is -2.36. The molecule has 1 aliphatic rings. The van der Waals surface area contributed by atoms with Gasteiger partial charge in [0.25, 0.3) is 0 Å². The Kier molecular flexibility index (Phi) is 6.32. The maximum absolute atomic E-state index is 13.5. The van der Waals surface area contributed by atoms with Gasteiger partial charge in [-0.05, 0) is 41.5 Å². The molecule has 0 amide bonds. The number of hydrogen-bond donors (Lipinski definition) is 1. The zero-order valence-corrected chi connectivity index (χ0v) is 14.4. The van der Waals surface area contributed by atoms with E-state index in [0.717, 1.165) is 36.2 Å². The predicted molar refractivity (Wildman–Crippen MR) is 91.6 cm³/mol. The average Bonchev–Trinajstić information content (AvgIpc) is 2.52. The molecule has 1 aromatic heterocycles. The summed E-state index contributed by atoms with van der Waals surface area (Å²) in [6, 6.07) is 9.24. The first kappa shape index (κ1) is 17.3. The van der Waals surface area contributed by atoms with Gasteiger partial charge in [-0.1, -0.05) is 15.9 Å². The number of benzene rings is 1. The molecule has 118 valence electrons. The minimum absolute atomic E-state index is 0. The Morgan fingerprint density at radius 1 is 1.27 bits per heavy atom.